The average Bonchev–Trinajstić information content (AvgIpc) is 2.47. The maximum absolute atomic E-state index is 13.4. The van der Waals surface area contributed by atoms with E-state index in [1.54, 1.807) is 19.2 Å². The molecule has 0 bridgehead atoms. The van der Waals surface area contributed by atoms with Crippen LogP contribution < -0.4 is 10.1 Å². The molecule has 3 heteroatoms. The summed E-state index contributed by atoms with van der Waals surface area (Å²) in [7, 11) is 1.68. The maximum atomic E-state index is 13.4. The van der Waals surface area contributed by atoms with Gasteiger partial charge in [-0.25, -0.2) is 4.39 Å². The van der Waals surface area contributed by atoms with Crippen molar-refractivity contribution in [2.24, 2.45) is 0 Å². The van der Waals surface area contributed by atoms with Gasteiger partial charge in [-0.2, -0.15) is 0 Å². The third kappa shape index (κ3) is 4.05. The van der Waals surface area contributed by atoms with Crippen LogP contribution in [-0.4, -0.2) is 13.7 Å². The lowest BCUT2D eigenvalue weighted by Gasteiger charge is -2.21. The minimum Gasteiger partial charge on any atom is -0.496 e. The number of rotatable bonds is 6. The second-order valence-electron chi connectivity index (χ2n) is 5.19. The Labute approximate surface area is 126 Å². The summed E-state index contributed by atoms with van der Waals surface area (Å²) in [6, 6.07) is 13.0. The van der Waals surface area contributed by atoms with E-state index in [9.17, 15) is 4.39 Å². The molecule has 0 fully saturated rings. The van der Waals surface area contributed by atoms with E-state index >= 15 is 0 Å². The fourth-order valence-corrected chi connectivity index (χ4v) is 2.56. The van der Waals surface area contributed by atoms with Crippen LogP contribution >= 0.6 is 0 Å². The molecule has 0 spiro atoms. The third-order valence-corrected chi connectivity index (χ3v) is 3.54. The van der Waals surface area contributed by atoms with E-state index in [4.69, 9.17) is 4.74 Å². The summed E-state index contributed by atoms with van der Waals surface area (Å²) in [6.07, 6.45) is 0.728. The monoisotopic (exact) mass is 287 g/mol. The molecular formula is C18H22FNO. The van der Waals surface area contributed by atoms with Crippen LogP contribution in [0.3, 0.4) is 0 Å². The number of benzene rings is 2. The van der Waals surface area contributed by atoms with Crippen LogP contribution in [0.1, 0.15) is 29.7 Å². The first kappa shape index (κ1) is 15.5. The highest BCUT2D eigenvalue weighted by Gasteiger charge is 2.16. The van der Waals surface area contributed by atoms with E-state index in [1.165, 1.54) is 11.6 Å². The van der Waals surface area contributed by atoms with Crippen LogP contribution in [0.5, 0.6) is 5.75 Å². The van der Waals surface area contributed by atoms with Crippen molar-refractivity contribution in [3.63, 3.8) is 0 Å². The molecule has 2 rings (SSSR count). The number of hydrogen-bond donors (Lipinski definition) is 1. The number of hydrogen-bond acceptors (Lipinski definition) is 2. The largest absolute Gasteiger partial charge is 0.496 e. The molecule has 1 unspecified atom stereocenters. The Morgan fingerprint density at radius 1 is 1.19 bits per heavy atom. The predicted octanol–water partition coefficient (Wildman–Crippen LogP) is 4.04. The van der Waals surface area contributed by atoms with Crippen LogP contribution in [0.4, 0.5) is 4.39 Å². The molecule has 2 aromatic carbocycles. The van der Waals surface area contributed by atoms with Crippen molar-refractivity contribution in [1.82, 2.24) is 5.32 Å². The highest BCUT2D eigenvalue weighted by Crippen LogP contribution is 2.28. The molecule has 21 heavy (non-hydrogen) atoms. The zero-order chi connectivity index (χ0) is 15.2. The Kier molecular flexibility index (Phi) is 5.34. The predicted molar refractivity (Wildman–Crippen MR) is 84.3 cm³/mol. The van der Waals surface area contributed by atoms with Gasteiger partial charge in [0.1, 0.15) is 11.6 Å². The van der Waals surface area contributed by atoms with Crippen molar-refractivity contribution >= 4 is 0 Å². The second-order valence-corrected chi connectivity index (χ2v) is 5.19. The summed E-state index contributed by atoms with van der Waals surface area (Å²) in [5, 5.41) is 3.47. The molecule has 0 aliphatic carbocycles. The first-order chi connectivity index (χ1) is 10.1. The first-order valence-electron chi connectivity index (χ1n) is 7.26. The number of nitrogens with one attached hydrogen (secondary N) is 1. The van der Waals surface area contributed by atoms with E-state index < -0.39 is 0 Å². The highest BCUT2D eigenvalue weighted by molar-refractivity contribution is 5.40. The van der Waals surface area contributed by atoms with Crippen LogP contribution in [0.15, 0.2) is 42.5 Å². The molecule has 1 N–H and O–H groups in total. The van der Waals surface area contributed by atoms with E-state index in [0.717, 1.165) is 29.8 Å². The molecule has 0 saturated heterocycles. The zero-order valence-electron chi connectivity index (χ0n) is 12.8. The molecule has 0 amide bonds. The Bertz CT molecular complexity index is 598. The number of likely N-dealkylation sites (N-methyl/N-ethyl adjacent to an activating group) is 1. The normalized spacial score (nSPS) is 12.2. The quantitative estimate of drug-likeness (QED) is 0.866. The van der Waals surface area contributed by atoms with Gasteiger partial charge in [-0.05, 0) is 43.7 Å². The average molecular weight is 287 g/mol. The standard InChI is InChI=1S/C18H22FNO/c1-4-20-17(12-14-6-5-7-15(19)11-14)16-10-13(2)8-9-18(16)21-3/h5-11,17,20H,4,12H2,1-3H3. The highest BCUT2D eigenvalue weighted by atomic mass is 19.1. The summed E-state index contributed by atoms with van der Waals surface area (Å²) in [5.74, 6) is 0.668. The van der Waals surface area contributed by atoms with Gasteiger partial charge in [-0.3, -0.25) is 0 Å². The zero-order valence-corrected chi connectivity index (χ0v) is 12.8. The Morgan fingerprint density at radius 2 is 2.00 bits per heavy atom. The Hall–Kier alpha value is -1.87. The van der Waals surface area contributed by atoms with Gasteiger partial charge < -0.3 is 10.1 Å². The summed E-state index contributed by atoms with van der Waals surface area (Å²) < 4.78 is 18.8. The maximum Gasteiger partial charge on any atom is 0.123 e. The van der Waals surface area contributed by atoms with E-state index in [1.807, 2.05) is 18.2 Å². The molecular weight excluding hydrogens is 265 g/mol. The summed E-state index contributed by atoms with van der Waals surface area (Å²) in [5.41, 5.74) is 3.28. The molecule has 0 heterocycles. The molecule has 0 saturated carbocycles. The number of ether oxygens (including phenoxy) is 1. The topological polar surface area (TPSA) is 21.3 Å². The summed E-state index contributed by atoms with van der Waals surface area (Å²) in [4.78, 5) is 0. The van der Waals surface area contributed by atoms with Gasteiger partial charge in [-0.1, -0.05) is 36.8 Å². The number of halogens is 1. The molecule has 0 aromatic heterocycles. The smallest absolute Gasteiger partial charge is 0.123 e. The molecule has 2 nitrogen and oxygen atoms in total. The Balaban J connectivity index is 2.32. The minimum absolute atomic E-state index is 0.103. The lowest BCUT2D eigenvalue weighted by Crippen LogP contribution is -2.23. The fourth-order valence-electron chi connectivity index (χ4n) is 2.56. The van der Waals surface area contributed by atoms with Gasteiger partial charge in [0.25, 0.3) is 0 Å². The van der Waals surface area contributed by atoms with Crippen molar-refractivity contribution in [3.8, 4) is 5.75 Å². The van der Waals surface area contributed by atoms with Crippen LogP contribution in [-0.2, 0) is 6.42 Å². The third-order valence-electron chi connectivity index (χ3n) is 3.54. The number of aryl methyl sites for hydroxylation is 1. The molecule has 0 aliphatic heterocycles. The van der Waals surface area contributed by atoms with Crippen molar-refractivity contribution < 1.29 is 9.13 Å². The molecule has 112 valence electrons. The second kappa shape index (κ2) is 7.23. The SMILES string of the molecule is CCNC(Cc1cccc(F)c1)c1cc(C)ccc1OC. The molecule has 0 aliphatic rings. The number of methoxy groups -OCH3 is 1. The lowest BCUT2D eigenvalue weighted by atomic mass is 9.96. The first-order valence-corrected chi connectivity index (χ1v) is 7.26. The van der Waals surface area contributed by atoms with Crippen LogP contribution in [0.25, 0.3) is 0 Å². The molecule has 2 aromatic rings. The Morgan fingerprint density at radius 3 is 2.67 bits per heavy atom. The van der Waals surface area contributed by atoms with Gasteiger partial charge in [0.05, 0.1) is 7.11 Å². The molecule has 1 atom stereocenters. The summed E-state index contributed by atoms with van der Waals surface area (Å²) >= 11 is 0. The van der Waals surface area contributed by atoms with Gasteiger partial charge >= 0.3 is 0 Å². The van der Waals surface area contributed by atoms with Gasteiger partial charge in [-0.15, -0.1) is 0 Å². The van der Waals surface area contributed by atoms with Gasteiger partial charge in [0.2, 0.25) is 0 Å². The van der Waals surface area contributed by atoms with Crippen molar-refractivity contribution in [1.29, 1.82) is 0 Å². The van der Waals surface area contributed by atoms with Crippen LogP contribution in [0.2, 0.25) is 0 Å². The van der Waals surface area contributed by atoms with E-state index in [2.05, 4.69) is 25.2 Å². The molecule has 0 radical (unpaired) electrons. The van der Waals surface area contributed by atoms with Crippen molar-refractivity contribution in [3.05, 3.63) is 65.0 Å². The van der Waals surface area contributed by atoms with Crippen molar-refractivity contribution in [2.75, 3.05) is 13.7 Å². The minimum atomic E-state index is -0.195. The van der Waals surface area contributed by atoms with Gasteiger partial charge in [0, 0.05) is 11.6 Å². The van der Waals surface area contributed by atoms with Crippen LogP contribution in [0, 0.1) is 12.7 Å². The fraction of sp³-hybridized carbons (Fsp3) is 0.333. The lowest BCUT2D eigenvalue weighted by molar-refractivity contribution is 0.399. The van der Waals surface area contributed by atoms with E-state index in [-0.39, 0.29) is 11.9 Å². The van der Waals surface area contributed by atoms with E-state index in [0.29, 0.717) is 0 Å². The van der Waals surface area contributed by atoms with Gasteiger partial charge in [0.15, 0.2) is 0 Å². The van der Waals surface area contributed by atoms with Crippen molar-refractivity contribution in [2.45, 2.75) is 26.3 Å². The summed E-state index contributed by atoms with van der Waals surface area (Å²) in [6.45, 7) is 4.98.